The van der Waals surface area contributed by atoms with Gasteiger partial charge in [-0.25, -0.2) is 0 Å². The number of nitrogens with one attached hydrogen (secondary N) is 1. The predicted octanol–water partition coefficient (Wildman–Crippen LogP) is 5.78. The Labute approximate surface area is 164 Å². The Balaban J connectivity index is 1.50. The summed E-state index contributed by atoms with van der Waals surface area (Å²) in [5, 5.41) is 5.31. The van der Waals surface area contributed by atoms with Gasteiger partial charge in [-0.2, -0.15) is 0 Å². The molecule has 4 heteroatoms. The molecule has 0 radical (unpaired) electrons. The molecule has 1 aliphatic rings. The maximum absolute atomic E-state index is 12.9. The number of thiophene rings is 1. The minimum absolute atomic E-state index is 0.0793. The van der Waals surface area contributed by atoms with Crippen molar-refractivity contribution in [1.82, 2.24) is 5.32 Å². The highest BCUT2D eigenvalue weighted by molar-refractivity contribution is 7.10. The van der Waals surface area contributed by atoms with Crippen LogP contribution in [0.4, 0.5) is 0 Å². The van der Waals surface area contributed by atoms with Gasteiger partial charge in [0.05, 0.1) is 5.56 Å². The standard InChI is InChI=1S/C23H23NO2S/c25-22(24-17-23(14-6-7-15-23)21-13-8-16-27-21)19-11-4-5-12-20(19)26-18-9-2-1-3-10-18/h1-5,8-13,16H,6-7,14-15,17H2,(H,24,25). The highest BCUT2D eigenvalue weighted by Gasteiger charge is 2.36. The minimum atomic E-state index is -0.0793. The van der Waals surface area contributed by atoms with Crippen molar-refractivity contribution in [2.24, 2.45) is 0 Å². The number of hydrogen-bond acceptors (Lipinski definition) is 3. The molecular weight excluding hydrogens is 354 g/mol. The third-order valence-electron chi connectivity index (χ3n) is 5.29. The van der Waals surface area contributed by atoms with Crippen LogP contribution in [0.15, 0.2) is 72.1 Å². The number of carbonyl (C=O) groups excluding carboxylic acids is 1. The number of rotatable bonds is 6. The first-order valence-corrected chi connectivity index (χ1v) is 10.3. The lowest BCUT2D eigenvalue weighted by Gasteiger charge is -2.28. The van der Waals surface area contributed by atoms with Crippen LogP contribution in [0.5, 0.6) is 11.5 Å². The Morgan fingerprint density at radius 1 is 0.963 bits per heavy atom. The third-order valence-corrected chi connectivity index (χ3v) is 6.41. The third kappa shape index (κ3) is 3.91. The monoisotopic (exact) mass is 377 g/mol. The van der Waals surface area contributed by atoms with Crippen LogP contribution in [0.2, 0.25) is 0 Å². The molecule has 3 aromatic rings. The van der Waals surface area contributed by atoms with Crippen LogP contribution in [0.3, 0.4) is 0 Å². The Bertz CT molecular complexity index is 884. The summed E-state index contributed by atoms with van der Waals surface area (Å²) in [7, 11) is 0. The van der Waals surface area contributed by atoms with E-state index in [-0.39, 0.29) is 11.3 Å². The molecule has 0 unspecified atom stereocenters. The molecule has 2 aromatic carbocycles. The second-order valence-corrected chi connectivity index (χ2v) is 8.01. The number of hydrogen-bond donors (Lipinski definition) is 1. The van der Waals surface area contributed by atoms with Crippen molar-refractivity contribution in [3.63, 3.8) is 0 Å². The van der Waals surface area contributed by atoms with Gasteiger partial charge in [0.1, 0.15) is 11.5 Å². The van der Waals surface area contributed by atoms with Crippen molar-refractivity contribution in [3.05, 3.63) is 82.6 Å². The van der Waals surface area contributed by atoms with E-state index in [4.69, 9.17) is 4.74 Å². The van der Waals surface area contributed by atoms with Crippen LogP contribution in [0.1, 0.15) is 40.9 Å². The highest BCUT2D eigenvalue weighted by Crippen LogP contribution is 2.42. The summed E-state index contributed by atoms with van der Waals surface area (Å²) in [5.41, 5.74) is 0.652. The number of carbonyl (C=O) groups is 1. The summed E-state index contributed by atoms with van der Waals surface area (Å²) in [6, 6.07) is 21.3. The smallest absolute Gasteiger partial charge is 0.255 e. The van der Waals surface area contributed by atoms with Gasteiger partial charge < -0.3 is 10.1 Å². The summed E-state index contributed by atoms with van der Waals surface area (Å²) >= 11 is 1.80. The van der Waals surface area contributed by atoms with E-state index in [1.165, 1.54) is 17.7 Å². The predicted molar refractivity (Wildman–Crippen MR) is 110 cm³/mol. The molecule has 0 saturated heterocycles. The fourth-order valence-corrected chi connectivity index (χ4v) is 4.83. The second-order valence-electron chi connectivity index (χ2n) is 7.06. The molecule has 1 heterocycles. The lowest BCUT2D eigenvalue weighted by atomic mass is 9.84. The fourth-order valence-electron chi connectivity index (χ4n) is 3.85. The molecule has 3 nitrogen and oxygen atoms in total. The van der Waals surface area contributed by atoms with Gasteiger partial charge >= 0.3 is 0 Å². The molecule has 0 spiro atoms. The van der Waals surface area contributed by atoms with Gasteiger partial charge in [-0.3, -0.25) is 4.79 Å². The number of benzene rings is 2. The number of amides is 1. The van der Waals surface area contributed by atoms with Crippen molar-refractivity contribution in [2.75, 3.05) is 6.54 Å². The molecule has 1 fully saturated rings. The molecule has 1 aliphatic carbocycles. The van der Waals surface area contributed by atoms with E-state index in [9.17, 15) is 4.79 Å². The topological polar surface area (TPSA) is 38.3 Å². The molecule has 1 N–H and O–H groups in total. The lowest BCUT2D eigenvalue weighted by Crippen LogP contribution is -2.38. The normalized spacial score (nSPS) is 15.4. The van der Waals surface area contributed by atoms with Crippen LogP contribution in [0.25, 0.3) is 0 Å². The van der Waals surface area contributed by atoms with E-state index in [0.29, 0.717) is 17.9 Å². The van der Waals surface area contributed by atoms with Crippen LogP contribution in [-0.2, 0) is 5.41 Å². The summed E-state index contributed by atoms with van der Waals surface area (Å²) in [5.74, 6) is 1.23. The first-order valence-electron chi connectivity index (χ1n) is 9.41. The van der Waals surface area contributed by atoms with Gasteiger partial charge in [0, 0.05) is 16.8 Å². The van der Waals surface area contributed by atoms with Gasteiger partial charge in [-0.15, -0.1) is 11.3 Å². The second kappa shape index (κ2) is 7.97. The van der Waals surface area contributed by atoms with Crippen molar-refractivity contribution in [2.45, 2.75) is 31.1 Å². The van der Waals surface area contributed by atoms with E-state index < -0.39 is 0 Å². The molecule has 27 heavy (non-hydrogen) atoms. The Kier molecular flexibility index (Phi) is 5.26. The van der Waals surface area contributed by atoms with Crippen molar-refractivity contribution >= 4 is 17.2 Å². The van der Waals surface area contributed by atoms with Crippen LogP contribution in [-0.4, -0.2) is 12.5 Å². The zero-order chi connectivity index (χ0) is 18.5. The molecule has 4 rings (SSSR count). The summed E-state index contributed by atoms with van der Waals surface area (Å²) < 4.78 is 5.94. The van der Waals surface area contributed by atoms with Gasteiger partial charge in [0.25, 0.3) is 5.91 Å². The molecule has 1 saturated carbocycles. The quantitative estimate of drug-likeness (QED) is 0.591. The molecule has 1 aromatic heterocycles. The molecule has 138 valence electrons. The van der Waals surface area contributed by atoms with Gasteiger partial charge in [-0.1, -0.05) is 49.2 Å². The first kappa shape index (κ1) is 17.8. The maximum atomic E-state index is 12.9. The Morgan fingerprint density at radius 3 is 2.44 bits per heavy atom. The van der Waals surface area contributed by atoms with E-state index in [1.54, 1.807) is 11.3 Å². The average Bonchev–Trinajstić information content (AvgIpc) is 3.40. The summed E-state index contributed by atoms with van der Waals surface area (Å²) in [4.78, 5) is 14.3. The zero-order valence-corrected chi connectivity index (χ0v) is 16.0. The summed E-state index contributed by atoms with van der Waals surface area (Å²) in [6.45, 7) is 0.673. The van der Waals surface area contributed by atoms with Crippen LogP contribution >= 0.6 is 11.3 Å². The van der Waals surface area contributed by atoms with E-state index in [2.05, 4.69) is 22.8 Å². The molecular formula is C23H23NO2S. The molecule has 0 aliphatic heterocycles. The summed E-state index contributed by atoms with van der Waals surface area (Å²) in [6.07, 6.45) is 4.72. The van der Waals surface area contributed by atoms with Crippen molar-refractivity contribution < 1.29 is 9.53 Å². The first-order chi connectivity index (χ1) is 13.3. The largest absolute Gasteiger partial charge is 0.457 e. The molecule has 1 amide bonds. The van der Waals surface area contributed by atoms with Gasteiger partial charge in [0.15, 0.2) is 0 Å². The number of ether oxygens (including phenoxy) is 1. The van der Waals surface area contributed by atoms with E-state index in [1.807, 2.05) is 54.6 Å². The van der Waals surface area contributed by atoms with Crippen LogP contribution in [0, 0.1) is 0 Å². The van der Waals surface area contributed by atoms with Crippen LogP contribution < -0.4 is 10.1 Å². The Morgan fingerprint density at radius 2 is 1.70 bits per heavy atom. The lowest BCUT2D eigenvalue weighted by molar-refractivity contribution is 0.0941. The highest BCUT2D eigenvalue weighted by atomic mass is 32.1. The average molecular weight is 378 g/mol. The van der Waals surface area contributed by atoms with Gasteiger partial charge in [0.2, 0.25) is 0 Å². The SMILES string of the molecule is O=C(NCC1(c2cccs2)CCCC1)c1ccccc1Oc1ccccc1. The van der Waals surface area contributed by atoms with Crippen molar-refractivity contribution in [1.29, 1.82) is 0 Å². The molecule has 0 bridgehead atoms. The fraction of sp³-hybridized carbons (Fsp3) is 0.261. The zero-order valence-electron chi connectivity index (χ0n) is 15.2. The Hall–Kier alpha value is -2.59. The molecule has 0 atom stereocenters. The maximum Gasteiger partial charge on any atom is 0.255 e. The van der Waals surface area contributed by atoms with E-state index >= 15 is 0 Å². The van der Waals surface area contributed by atoms with Gasteiger partial charge in [-0.05, 0) is 48.6 Å². The number of para-hydroxylation sites is 2. The van der Waals surface area contributed by atoms with Crippen molar-refractivity contribution in [3.8, 4) is 11.5 Å². The van der Waals surface area contributed by atoms with E-state index in [0.717, 1.165) is 18.6 Å². The minimum Gasteiger partial charge on any atom is -0.457 e.